The Kier molecular flexibility index (Phi) is 5.10. The van der Waals surface area contributed by atoms with E-state index in [0.717, 1.165) is 17.7 Å². The molecular weight excluding hydrogens is 234 g/mol. The van der Waals surface area contributed by atoms with Gasteiger partial charge in [-0.15, -0.1) is 0 Å². The van der Waals surface area contributed by atoms with Gasteiger partial charge in [0.05, 0.1) is 12.2 Å². The van der Waals surface area contributed by atoms with E-state index in [1.54, 1.807) is 6.20 Å². The Hall–Kier alpha value is -2.11. The fourth-order valence-electron chi connectivity index (χ4n) is 1.43. The van der Waals surface area contributed by atoms with Crippen LogP contribution in [-0.2, 0) is 17.8 Å². The number of nitrogens with zero attached hydrogens (tertiary/aromatic N) is 1. The Morgan fingerprint density at radius 3 is 2.83 bits per heavy atom. The molecule has 1 rings (SSSR count). The van der Waals surface area contributed by atoms with Gasteiger partial charge in [0.25, 0.3) is 0 Å². The number of hydrogen-bond acceptors (Lipinski definition) is 3. The topological polar surface area (TPSA) is 91.3 Å². The smallest absolute Gasteiger partial charge is 0.325 e. The monoisotopic (exact) mass is 251 g/mol. The second kappa shape index (κ2) is 6.58. The van der Waals surface area contributed by atoms with Crippen molar-refractivity contribution in [2.24, 2.45) is 0 Å². The van der Waals surface area contributed by atoms with E-state index in [0.29, 0.717) is 0 Å². The predicted molar refractivity (Wildman–Crippen MR) is 66.1 cm³/mol. The zero-order chi connectivity index (χ0) is 13.5. The Balaban J connectivity index is 2.50. The quantitative estimate of drug-likeness (QED) is 0.725. The molecule has 1 aromatic heterocycles. The molecule has 0 spiro atoms. The summed E-state index contributed by atoms with van der Waals surface area (Å²) in [6.45, 7) is 3.69. The zero-order valence-electron chi connectivity index (χ0n) is 10.4. The van der Waals surface area contributed by atoms with E-state index >= 15 is 0 Å². The fraction of sp³-hybridized carbons (Fsp3) is 0.417. The van der Waals surface area contributed by atoms with Crippen LogP contribution in [0, 0.1) is 0 Å². The Labute approximate surface area is 105 Å². The molecule has 0 aliphatic heterocycles. The molecule has 18 heavy (non-hydrogen) atoms. The highest BCUT2D eigenvalue weighted by Crippen LogP contribution is 2.05. The van der Waals surface area contributed by atoms with Crippen LogP contribution in [0.5, 0.6) is 0 Å². The molecule has 6 heteroatoms. The van der Waals surface area contributed by atoms with E-state index in [1.807, 2.05) is 19.1 Å². The maximum absolute atomic E-state index is 11.4. The molecule has 0 saturated heterocycles. The third-order valence-electron chi connectivity index (χ3n) is 2.50. The number of carbonyl (C=O) groups excluding carboxylic acids is 1. The van der Waals surface area contributed by atoms with Crippen LogP contribution < -0.4 is 10.6 Å². The average molecular weight is 251 g/mol. The maximum atomic E-state index is 11.4. The highest BCUT2D eigenvalue weighted by atomic mass is 16.4. The van der Waals surface area contributed by atoms with Crippen molar-refractivity contribution >= 4 is 12.0 Å². The van der Waals surface area contributed by atoms with E-state index in [1.165, 1.54) is 6.92 Å². The van der Waals surface area contributed by atoms with Gasteiger partial charge in [-0.3, -0.25) is 9.78 Å². The molecule has 0 fully saturated rings. The van der Waals surface area contributed by atoms with Crippen molar-refractivity contribution in [2.75, 3.05) is 0 Å². The number of pyridine rings is 1. The van der Waals surface area contributed by atoms with E-state index in [9.17, 15) is 9.59 Å². The maximum Gasteiger partial charge on any atom is 0.325 e. The first-order valence-electron chi connectivity index (χ1n) is 5.74. The van der Waals surface area contributed by atoms with Crippen molar-refractivity contribution < 1.29 is 14.7 Å². The minimum absolute atomic E-state index is 0.280. The van der Waals surface area contributed by atoms with Crippen LogP contribution in [0.2, 0.25) is 0 Å². The van der Waals surface area contributed by atoms with Crippen molar-refractivity contribution in [3.8, 4) is 0 Å². The molecule has 1 aromatic rings. The summed E-state index contributed by atoms with van der Waals surface area (Å²) >= 11 is 0. The van der Waals surface area contributed by atoms with E-state index in [4.69, 9.17) is 5.11 Å². The summed E-state index contributed by atoms with van der Waals surface area (Å²) < 4.78 is 0. The second-order valence-corrected chi connectivity index (χ2v) is 3.85. The molecule has 0 bridgehead atoms. The number of aryl methyl sites for hydroxylation is 1. The molecule has 0 aliphatic rings. The first kappa shape index (κ1) is 14.0. The molecule has 2 amide bonds. The standard InChI is InChI=1S/C12H17N3O3/c1-3-9-5-4-6-13-10(9)7-14-12(18)15-8(2)11(16)17/h4-6,8H,3,7H2,1-2H3,(H,16,17)(H2,14,15,18)/t8-/m0/s1. The van der Waals surface area contributed by atoms with Gasteiger partial charge in [0.1, 0.15) is 6.04 Å². The summed E-state index contributed by atoms with van der Waals surface area (Å²) in [6.07, 6.45) is 2.49. The molecule has 3 N–H and O–H groups in total. The molecular formula is C12H17N3O3. The minimum atomic E-state index is -1.07. The Morgan fingerprint density at radius 1 is 1.50 bits per heavy atom. The van der Waals surface area contributed by atoms with Crippen LogP contribution in [0.25, 0.3) is 0 Å². The van der Waals surface area contributed by atoms with Crippen LogP contribution in [0.1, 0.15) is 25.1 Å². The molecule has 0 aliphatic carbocycles. The minimum Gasteiger partial charge on any atom is -0.480 e. The lowest BCUT2D eigenvalue weighted by atomic mass is 10.1. The number of aromatic nitrogens is 1. The van der Waals surface area contributed by atoms with Crippen molar-refractivity contribution in [1.29, 1.82) is 0 Å². The van der Waals surface area contributed by atoms with E-state index in [-0.39, 0.29) is 6.54 Å². The van der Waals surface area contributed by atoms with E-state index in [2.05, 4.69) is 15.6 Å². The Morgan fingerprint density at radius 2 is 2.22 bits per heavy atom. The lowest BCUT2D eigenvalue weighted by Gasteiger charge is -2.11. The number of amides is 2. The number of hydrogen-bond donors (Lipinski definition) is 3. The molecule has 0 unspecified atom stereocenters. The van der Waals surface area contributed by atoms with Gasteiger partial charge in [-0.05, 0) is 25.0 Å². The molecule has 0 aromatic carbocycles. The third kappa shape index (κ3) is 4.04. The van der Waals surface area contributed by atoms with Gasteiger partial charge in [0.2, 0.25) is 0 Å². The summed E-state index contributed by atoms with van der Waals surface area (Å²) in [5.41, 5.74) is 1.85. The zero-order valence-corrected chi connectivity index (χ0v) is 10.4. The van der Waals surface area contributed by atoms with Crippen LogP contribution in [-0.4, -0.2) is 28.1 Å². The number of carboxylic acid groups (broad SMARTS) is 1. The molecule has 6 nitrogen and oxygen atoms in total. The molecule has 1 atom stereocenters. The molecule has 0 saturated carbocycles. The molecule has 98 valence electrons. The number of carboxylic acids is 1. The summed E-state index contributed by atoms with van der Waals surface area (Å²) in [5, 5.41) is 13.5. The lowest BCUT2D eigenvalue weighted by molar-refractivity contribution is -0.138. The fourth-order valence-corrected chi connectivity index (χ4v) is 1.43. The van der Waals surface area contributed by atoms with Crippen molar-refractivity contribution in [3.05, 3.63) is 29.6 Å². The van der Waals surface area contributed by atoms with Crippen molar-refractivity contribution in [1.82, 2.24) is 15.6 Å². The highest BCUT2D eigenvalue weighted by molar-refractivity contribution is 5.82. The van der Waals surface area contributed by atoms with Crippen LogP contribution in [0.3, 0.4) is 0 Å². The number of nitrogens with one attached hydrogen (secondary N) is 2. The Bertz CT molecular complexity index is 434. The van der Waals surface area contributed by atoms with Crippen molar-refractivity contribution in [2.45, 2.75) is 32.9 Å². The summed E-state index contributed by atoms with van der Waals surface area (Å²) in [7, 11) is 0. The number of carbonyl (C=O) groups is 2. The van der Waals surface area contributed by atoms with Gasteiger partial charge < -0.3 is 15.7 Å². The van der Waals surface area contributed by atoms with Gasteiger partial charge in [0.15, 0.2) is 0 Å². The highest BCUT2D eigenvalue weighted by Gasteiger charge is 2.13. The third-order valence-corrected chi connectivity index (χ3v) is 2.50. The lowest BCUT2D eigenvalue weighted by Crippen LogP contribution is -2.44. The first-order chi connectivity index (χ1) is 8.54. The second-order valence-electron chi connectivity index (χ2n) is 3.85. The molecule has 0 radical (unpaired) electrons. The first-order valence-corrected chi connectivity index (χ1v) is 5.74. The largest absolute Gasteiger partial charge is 0.480 e. The molecule has 1 heterocycles. The SMILES string of the molecule is CCc1cccnc1CNC(=O)N[C@@H](C)C(=O)O. The van der Waals surface area contributed by atoms with Gasteiger partial charge in [0, 0.05) is 6.20 Å². The summed E-state index contributed by atoms with van der Waals surface area (Å²) in [5.74, 6) is -1.07. The number of urea groups is 1. The summed E-state index contributed by atoms with van der Waals surface area (Å²) in [6, 6.07) is 2.36. The summed E-state index contributed by atoms with van der Waals surface area (Å²) in [4.78, 5) is 26.1. The number of rotatable bonds is 5. The van der Waals surface area contributed by atoms with Gasteiger partial charge in [-0.1, -0.05) is 13.0 Å². The normalized spacial score (nSPS) is 11.7. The number of aliphatic carboxylic acids is 1. The van der Waals surface area contributed by atoms with Crippen LogP contribution in [0.4, 0.5) is 4.79 Å². The van der Waals surface area contributed by atoms with Crippen LogP contribution in [0.15, 0.2) is 18.3 Å². The van der Waals surface area contributed by atoms with Gasteiger partial charge >= 0.3 is 12.0 Å². The van der Waals surface area contributed by atoms with Crippen molar-refractivity contribution in [3.63, 3.8) is 0 Å². The van der Waals surface area contributed by atoms with Crippen LogP contribution >= 0.6 is 0 Å². The predicted octanol–water partition coefficient (Wildman–Crippen LogP) is 0.916. The van der Waals surface area contributed by atoms with E-state index < -0.39 is 18.0 Å². The average Bonchev–Trinajstić information content (AvgIpc) is 2.36. The van der Waals surface area contributed by atoms with Gasteiger partial charge in [-0.25, -0.2) is 4.79 Å². The van der Waals surface area contributed by atoms with Gasteiger partial charge in [-0.2, -0.15) is 0 Å².